The Bertz CT molecular complexity index is 710. The molecule has 1 atom stereocenters. The van der Waals surface area contributed by atoms with Crippen molar-refractivity contribution in [1.82, 2.24) is 0 Å². The highest BCUT2D eigenvalue weighted by Gasteiger charge is 2.39. The quantitative estimate of drug-likeness (QED) is 0.816. The summed E-state index contributed by atoms with van der Waals surface area (Å²) < 4.78 is 12.0. The van der Waals surface area contributed by atoms with Gasteiger partial charge in [0, 0.05) is 16.8 Å². The third kappa shape index (κ3) is 2.82. The number of fused-ring (bicyclic) bond motifs is 1. The Kier molecular flexibility index (Phi) is 4.67. The van der Waals surface area contributed by atoms with Gasteiger partial charge in [0.2, 0.25) is 0 Å². The van der Waals surface area contributed by atoms with Gasteiger partial charge in [-0.2, -0.15) is 0 Å². The zero-order valence-electron chi connectivity index (χ0n) is 14.5. The molecular formula is C20H25NO3. The molecule has 0 spiro atoms. The van der Waals surface area contributed by atoms with E-state index in [9.17, 15) is 5.11 Å². The summed E-state index contributed by atoms with van der Waals surface area (Å²) in [4.78, 5) is 0. The molecule has 128 valence electrons. The second-order valence-electron chi connectivity index (χ2n) is 6.05. The van der Waals surface area contributed by atoms with Crippen molar-refractivity contribution in [2.75, 3.05) is 11.9 Å². The van der Waals surface area contributed by atoms with Gasteiger partial charge in [0.05, 0.1) is 12.2 Å². The highest BCUT2D eigenvalue weighted by atomic mass is 16.5. The van der Waals surface area contributed by atoms with E-state index in [-0.39, 0.29) is 17.6 Å². The highest BCUT2D eigenvalue weighted by Crippen LogP contribution is 2.46. The molecule has 0 fully saturated rings. The number of phenols is 1. The van der Waals surface area contributed by atoms with Crippen LogP contribution in [0.4, 0.5) is 5.69 Å². The first-order valence-electron chi connectivity index (χ1n) is 8.63. The molecule has 0 bridgehead atoms. The van der Waals surface area contributed by atoms with Crippen molar-refractivity contribution in [1.29, 1.82) is 0 Å². The van der Waals surface area contributed by atoms with Gasteiger partial charge in [0.15, 0.2) is 17.7 Å². The molecule has 0 saturated carbocycles. The summed E-state index contributed by atoms with van der Waals surface area (Å²) in [5.41, 5.74) is 2.94. The Morgan fingerprint density at radius 2 is 1.88 bits per heavy atom. The van der Waals surface area contributed by atoms with Gasteiger partial charge in [-0.15, -0.1) is 0 Å². The smallest absolute Gasteiger partial charge is 0.161 e. The van der Waals surface area contributed by atoms with Gasteiger partial charge in [-0.1, -0.05) is 38.1 Å². The van der Waals surface area contributed by atoms with Crippen LogP contribution in [0.25, 0.3) is 0 Å². The third-order valence-corrected chi connectivity index (χ3v) is 4.78. The van der Waals surface area contributed by atoms with Gasteiger partial charge in [-0.3, -0.25) is 0 Å². The number of hydrogen-bond acceptors (Lipinski definition) is 4. The van der Waals surface area contributed by atoms with Crippen molar-refractivity contribution >= 4 is 5.69 Å². The number of para-hydroxylation sites is 1. The number of anilines is 1. The van der Waals surface area contributed by atoms with Gasteiger partial charge in [0.1, 0.15) is 0 Å². The van der Waals surface area contributed by atoms with Crippen LogP contribution in [0.3, 0.4) is 0 Å². The number of hydrogen-bond donors (Lipinski definition) is 2. The van der Waals surface area contributed by atoms with Crippen molar-refractivity contribution in [3.05, 3.63) is 53.6 Å². The van der Waals surface area contributed by atoms with E-state index in [1.54, 1.807) is 6.07 Å². The van der Waals surface area contributed by atoms with E-state index in [1.165, 1.54) is 5.56 Å². The van der Waals surface area contributed by atoms with Gasteiger partial charge < -0.3 is 19.9 Å². The zero-order valence-corrected chi connectivity index (χ0v) is 14.5. The number of aromatic hydroxyl groups is 1. The average molecular weight is 327 g/mol. The maximum Gasteiger partial charge on any atom is 0.161 e. The van der Waals surface area contributed by atoms with Crippen molar-refractivity contribution in [2.45, 2.75) is 45.4 Å². The summed E-state index contributed by atoms with van der Waals surface area (Å²) in [6, 6.07) is 13.7. The molecule has 4 heteroatoms. The molecular weight excluding hydrogens is 302 g/mol. The molecule has 0 aliphatic carbocycles. The molecule has 1 heterocycles. The summed E-state index contributed by atoms with van der Waals surface area (Å²) in [7, 11) is 0. The minimum Gasteiger partial charge on any atom is -0.504 e. The SMILES string of the molecule is CCOc1cc([C@@H]2Nc3ccccc3C(CC)(CC)O2)ccc1O. The van der Waals surface area contributed by atoms with Crippen molar-refractivity contribution < 1.29 is 14.6 Å². The molecule has 0 saturated heterocycles. The first kappa shape index (κ1) is 16.7. The lowest BCUT2D eigenvalue weighted by Crippen LogP contribution is -2.37. The van der Waals surface area contributed by atoms with E-state index < -0.39 is 0 Å². The molecule has 1 aliphatic heterocycles. The maximum atomic E-state index is 9.93. The van der Waals surface area contributed by atoms with Gasteiger partial charge in [-0.05, 0) is 38.0 Å². The molecule has 1 aliphatic rings. The lowest BCUT2D eigenvalue weighted by atomic mass is 9.85. The van der Waals surface area contributed by atoms with Crippen molar-refractivity contribution in [3.8, 4) is 11.5 Å². The summed E-state index contributed by atoms with van der Waals surface area (Å²) in [6.45, 7) is 6.72. The predicted molar refractivity (Wildman–Crippen MR) is 95.4 cm³/mol. The Labute approximate surface area is 143 Å². The van der Waals surface area contributed by atoms with Gasteiger partial charge >= 0.3 is 0 Å². The van der Waals surface area contributed by atoms with Crippen LogP contribution >= 0.6 is 0 Å². The van der Waals surface area contributed by atoms with E-state index in [1.807, 2.05) is 25.1 Å². The molecule has 3 rings (SSSR count). The Morgan fingerprint density at radius 3 is 2.58 bits per heavy atom. The lowest BCUT2D eigenvalue weighted by Gasteiger charge is -2.43. The van der Waals surface area contributed by atoms with E-state index in [0.717, 1.165) is 24.1 Å². The molecule has 2 aromatic carbocycles. The Hall–Kier alpha value is -2.20. The van der Waals surface area contributed by atoms with Crippen LogP contribution in [-0.2, 0) is 10.3 Å². The largest absolute Gasteiger partial charge is 0.504 e. The summed E-state index contributed by atoms with van der Waals surface area (Å²) in [5.74, 6) is 0.631. The summed E-state index contributed by atoms with van der Waals surface area (Å²) in [5, 5.41) is 13.4. The van der Waals surface area contributed by atoms with Crippen LogP contribution in [0.5, 0.6) is 11.5 Å². The summed E-state index contributed by atoms with van der Waals surface area (Å²) >= 11 is 0. The van der Waals surface area contributed by atoms with E-state index in [2.05, 4.69) is 37.4 Å². The van der Waals surface area contributed by atoms with Gasteiger partial charge in [0.25, 0.3) is 0 Å². The molecule has 0 amide bonds. The highest BCUT2D eigenvalue weighted by molar-refractivity contribution is 5.57. The van der Waals surface area contributed by atoms with Gasteiger partial charge in [-0.25, -0.2) is 0 Å². The fourth-order valence-corrected chi connectivity index (χ4v) is 3.38. The predicted octanol–water partition coefficient (Wildman–Crippen LogP) is 4.95. The monoisotopic (exact) mass is 327 g/mol. The number of nitrogens with one attached hydrogen (secondary N) is 1. The molecule has 24 heavy (non-hydrogen) atoms. The second-order valence-corrected chi connectivity index (χ2v) is 6.05. The minimum absolute atomic E-state index is 0.147. The second kappa shape index (κ2) is 6.73. The Balaban J connectivity index is 2.01. The average Bonchev–Trinajstić information content (AvgIpc) is 2.62. The standard InChI is InChI=1S/C20H25NO3/c1-4-20(5-2)15-9-7-8-10-16(15)21-19(24-20)14-11-12-17(22)18(13-14)23-6-3/h7-13,19,21-22H,4-6H2,1-3H3/t19-/m1/s1. The van der Waals surface area contributed by atoms with Crippen molar-refractivity contribution in [3.63, 3.8) is 0 Å². The first-order valence-corrected chi connectivity index (χ1v) is 8.63. The van der Waals surface area contributed by atoms with E-state index in [0.29, 0.717) is 12.4 Å². The van der Waals surface area contributed by atoms with Crippen molar-refractivity contribution in [2.24, 2.45) is 0 Å². The van der Waals surface area contributed by atoms with Crippen LogP contribution in [0.15, 0.2) is 42.5 Å². The van der Waals surface area contributed by atoms with Crippen LogP contribution in [-0.4, -0.2) is 11.7 Å². The van der Waals surface area contributed by atoms with Crippen LogP contribution < -0.4 is 10.1 Å². The zero-order chi connectivity index (χ0) is 17.2. The fourth-order valence-electron chi connectivity index (χ4n) is 3.38. The Morgan fingerprint density at radius 1 is 1.12 bits per heavy atom. The molecule has 0 unspecified atom stereocenters. The topological polar surface area (TPSA) is 50.7 Å². The molecule has 2 N–H and O–H groups in total. The number of rotatable bonds is 5. The number of phenolic OH excluding ortho intramolecular Hbond substituents is 1. The molecule has 2 aromatic rings. The molecule has 4 nitrogen and oxygen atoms in total. The van der Waals surface area contributed by atoms with E-state index >= 15 is 0 Å². The molecule has 0 radical (unpaired) electrons. The summed E-state index contributed by atoms with van der Waals surface area (Å²) in [6.07, 6.45) is 1.52. The first-order chi connectivity index (χ1) is 11.6. The number of ether oxygens (including phenoxy) is 2. The van der Waals surface area contributed by atoms with E-state index in [4.69, 9.17) is 9.47 Å². The normalized spacial score (nSPS) is 18.5. The maximum absolute atomic E-state index is 9.93. The third-order valence-electron chi connectivity index (χ3n) is 4.78. The number of benzene rings is 2. The van der Waals surface area contributed by atoms with Crippen LogP contribution in [0.2, 0.25) is 0 Å². The minimum atomic E-state index is -0.309. The molecule has 0 aromatic heterocycles. The van der Waals surface area contributed by atoms with Crippen LogP contribution in [0.1, 0.15) is 51.0 Å². The van der Waals surface area contributed by atoms with Crippen LogP contribution in [0, 0.1) is 0 Å². The fraction of sp³-hybridized carbons (Fsp3) is 0.400. The lowest BCUT2D eigenvalue weighted by molar-refractivity contribution is -0.103.